The van der Waals surface area contributed by atoms with E-state index in [1.807, 2.05) is 13.8 Å². The fourth-order valence-corrected chi connectivity index (χ4v) is 2.66. The Labute approximate surface area is 112 Å². The highest BCUT2D eigenvalue weighted by molar-refractivity contribution is 5.73. The third kappa shape index (κ3) is 4.60. The topological polar surface area (TPSA) is 40.5 Å². The third-order valence-electron chi connectivity index (χ3n) is 4.01. The summed E-state index contributed by atoms with van der Waals surface area (Å²) in [4.78, 5) is 13.7. The SMILES string of the molecule is CC(C)CCN(CC(C)(C)C(=O)O)C1CCCC1. The number of carboxylic acid groups (broad SMARTS) is 1. The van der Waals surface area contributed by atoms with Crippen molar-refractivity contribution in [1.29, 1.82) is 0 Å². The number of rotatable bonds is 7. The van der Waals surface area contributed by atoms with Gasteiger partial charge in [0.2, 0.25) is 0 Å². The van der Waals surface area contributed by atoms with Crippen molar-refractivity contribution in [2.75, 3.05) is 13.1 Å². The Kier molecular flexibility index (Phi) is 5.64. The lowest BCUT2D eigenvalue weighted by atomic mass is 9.92. The molecule has 1 fully saturated rings. The molecule has 0 aliphatic heterocycles. The minimum Gasteiger partial charge on any atom is -0.481 e. The van der Waals surface area contributed by atoms with Gasteiger partial charge in [0, 0.05) is 12.6 Å². The van der Waals surface area contributed by atoms with Gasteiger partial charge in [0.15, 0.2) is 0 Å². The van der Waals surface area contributed by atoms with E-state index in [1.165, 1.54) is 25.7 Å². The molecule has 106 valence electrons. The number of carbonyl (C=O) groups is 1. The Morgan fingerprint density at radius 2 is 1.89 bits per heavy atom. The molecule has 0 atom stereocenters. The Morgan fingerprint density at radius 1 is 1.33 bits per heavy atom. The number of carboxylic acids is 1. The van der Waals surface area contributed by atoms with Gasteiger partial charge < -0.3 is 5.11 Å². The predicted octanol–water partition coefficient (Wildman–Crippen LogP) is 3.39. The smallest absolute Gasteiger partial charge is 0.310 e. The summed E-state index contributed by atoms with van der Waals surface area (Å²) in [5.74, 6) is -0.00288. The van der Waals surface area contributed by atoms with Gasteiger partial charge in [-0.2, -0.15) is 0 Å². The molecule has 0 saturated heterocycles. The van der Waals surface area contributed by atoms with E-state index in [4.69, 9.17) is 0 Å². The van der Waals surface area contributed by atoms with Crippen LogP contribution in [0.2, 0.25) is 0 Å². The first-order chi connectivity index (χ1) is 8.33. The zero-order valence-electron chi connectivity index (χ0n) is 12.4. The standard InChI is InChI=1S/C15H29NO2/c1-12(2)9-10-16(13-7-5-6-8-13)11-15(3,4)14(17)18/h12-13H,5-11H2,1-4H3,(H,17,18). The van der Waals surface area contributed by atoms with Crippen LogP contribution in [0.25, 0.3) is 0 Å². The van der Waals surface area contributed by atoms with Crippen LogP contribution >= 0.6 is 0 Å². The molecule has 1 aliphatic carbocycles. The molecular weight excluding hydrogens is 226 g/mol. The van der Waals surface area contributed by atoms with Crippen molar-refractivity contribution in [1.82, 2.24) is 4.90 Å². The first kappa shape index (κ1) is 15.5. The van der Waals surface area contributed by atoms with Gasteiger partial charge in [-0.05, 0) is 45.6 Å². The molecule has 0 aromatic heterocycles. The van der Waals surface area contributed by atoms with Crippen LogP contribution in [0, 0.1) is 11.3 Å². The minimum absolute atomic E-state index is 0.613. The van der Waals surface area contributed by atoms with Crippen LogP contribution in [0.4, 0.5) is 0 Å². The van der Waals surface area contributed by atoms with Crippen LogP contribution in [0.1, 0.15) is 59.8 Å². The van der Waals surface area contributed by atoms with E-state index in [1.54, 1.807) is 0 Å². The fourth-order valence-electron chi connectivity index (χ4n) is 2.66. The molecule has 0 spiro atoms. The van der Waals surface area contributed by atoms with Gasteiger partial charge in [-0.25, -0.2) is 0 Å². The van der Waals surface area contributed by atoms with Gasteiger partial charge in [0.05, 0.1) is 5.41 Å². The van der Waals surface area contributed by atoms with Crippen LogP contribution in [-0.4, -0.2) is 35.1 Å². The zero-order chi connectivity index (χ0) is 13.8. The summed E-state index contributed by atoms with van der Waals surface area (Å²) >= 11 is 0. The maximum atomic E-state index is 11.3. The molecule has 0 aromatic rings. The van der Waals surface area contributed by atoms with Gasteiger partial charge in [0.1, 0.15) is 0 Å². The maximum Gasteiger partial charge on any atom is 0.310 e. The summed E-state index contributed by atoms with van der Waals surface area (Å²) in [5.41, 5.74) is -0.639. The molecule has 0 aromatic carbocycles. The molecule has 0 radical (unpaired) electrons. The van der Waals surface area contributed by atoms with Crippen molar-refractivity contribution in [3.05, 3.63) is 0 Å². The largest absolute Gasteiger partial charge is 0.481 e. The van der Waals surface area contributed by atoms with Crippen molar-refractivity contribution >= 4 is 5.97 Å². The summed E-state index contributed by atoms with van der Waals surface area (Å²) in [5, 5.41) is 9.28. The second-order valence-electron chi connectivity index (χ2n) is 6.78. The highest BCUT2D eigenvalue weighted by Crippen LogP contribution is 2.27. The van der Waals surface area contributed by atoms with E-state index in [9.17, 15) is 9.90 Å². The second kappa shape index (κ2) is 6.55. The Bertz CT molecular complexity index is 268. The van der Waals surface area contributed by atoms with E-state index >= 15 is 0 Å². The highest BCUT2D eigenvalue weighted by Gasteiger charge is 2.33. The molecule has 1 N–H and O–H groups in total. The molecule has 1 rings (SSSR count). The van der Waals surface area contributed by atoms with Crippen LogP contribution in [0.3, 0.4) is 0 Å². The van der Waals surface area contributed by atoms with Crippen LogP contribution in [0.5, 0.6) is 0 Å². The average molecular weight is 255 g/mol. The number of hydrogen-bond donors (Lipinski definition) is 1. The zero-order valence-corrected chi connectivity index (χ0v) is 12.4. The second-order valence-corrected chi connectivity index (χ2v) is 6.78. The summed E-state index contributed by atoms with van der Waals surface area (Å²) in [6.07, 6.45) is 6.25. The fraction of sp³-hybridized carbons (Fsp3) is 0.933. The highest BCUT2D eigenvalue weighted by atomic mass is 16.4. The lowest BCUT2D eigenvalue weighted by Gasteiger charge is -2.34. The summed E-state index contributed by atoms with van der Waals surface area (Å²) in [7, 11) is 0. The van der Waals surface area contributed by atoms with E-state index < -0.39 is 11.4 Å². The quantitative estimate of drug-likeness (QED) is 0.758. The molecule has 0 heterocycles. The average Bonchev–Trinajstić information content (AvgIpc) is 2.76. The van der Waals surface area contributed by atoms with Crippen molar-refractivity contribution in [3.63, 3.8) is 0 Å². The van der Waals surface area contributed by atoms with Crippen molar-refractivity contribution in [2.45, 2.75) is 65.8 Å². The van der Waals surface area contributed by atoms with Crippen LogP contribution < -0.4 is 0 Å². The van der Waals surface area contributed by atoms with Gasteiger partial charge in [-0.1, -0.05) is 26.7 Å². The molecule has 18 heavy (non-hydrogen) atoms. The number of nitrogens with zero attached hydrogens (tertiary/aromatic N) is 1. The molecule has 3 heteroatoms. The van der Waals surface area contributed by atoms with Crippen LogP contribution in [-0.2, 0) is 4.79 Å². The molecule has 0 amide bonds. The van der Waals surface area contributed by atoms with E-state index in [0.29, 0.717) is 18.5 Å². The monoisotopic (exact) mass is 255 g/mol. The van der Waals surface area contributed by atoms with Crippen LogP contribution in [0.15, 0.2) is 0 Å². The first-order valence-corrected chi connectivity index (χ1v) is 7.30. The Balaban J connectivity index is 2.61. The molecular formula is C15H29NO2. The van der Waals surface area contributed by atoms with E-state index in [0.717, 1.165) is 13.0 Å². The number of hydrogen-bond acceptors (Lipinski definition) is 2. The van der Waals surface area contributed by atoms with Gasteiger partial charge in [0.25, 0.3) is 0 Å². The molecule has 1 saturated carbocycles. The lowest BCUT2D eigenvalue weighted by Crippen LogP contribution is -2.44. The summed E-state index contributed by atoms with van der Waals surface area (Å²) in [6.45, 7) is 9.86. The Hall–Kier alpha value is -0.570. The number of aliphatic carboxylic acids is 1. The molecule has 0 unspecified atom stereocenters. The summed E-state index contributed by atoms with van der Waals surface area (Å²) in [6, 6.07) is 0.613. The van der Waals surface area contributed by atoms with Gasteiger partial charge in [-0.3, -0.25) is 9.69 Å². The maximum absolute atomic E-state index is 11.3. The van der Waals surface area contributed by atoms with Crippen molar-refractivity contribution in [2.24, 2.45) is 11.3 Å². The van der Waals surface area contributed by atoms with E-state index in [2.05, 4.69) is 18.7 Å². The van der Waals surface area contributed by atoms with E-state index in [-0.39, 0.29) is 0 Å². The normalized spacial score (nSPS) is 17.9. The molecule has 0 bridgehead atoms. The lowest BCUT2D eigenvalue weighted by molar-refractivity contribution is -0.148. The van der Waals surface area contributed by atoms with Gasteiger partial charge >= 0.3 is 5.97 Å². The summed E-state index contributed by atoms with van der Waals surface area (Å²) < 4.78 is 0. The van der Waals surface area contributed by atoms with Crippen molar-refractivity contribution in [3.8, 4) is 0 Å². The predicted molar refractivity (Wildman–Crippen MR) is 74.7 cm³/mol. The minimum atomic E-state index is -0.685. The van der Waals surface area contributed by atoms with Gasteiger partial charge in [-0.15, -0.1) is 0 Å². The molecule has 3 nitrogen and oxygen atoms in total. The van der Waals surface area contributed by atoms with Crippen molar-refractivity contribution < 1.29 is 9.90 Å². The molecule has 1 aliphatic rings. The Morgan fingerprint density at radius 3 is 2.33 bits per heavy atom. The third-order valence-corrected chi connectivity index (χ3v) is 4.01. The first-order valence-electron chi connectivity index (χ1n) is 7.30.